The van der Waals surface area contributed by atoms with Gasteiger partial charge in [-0.2, -0.15) is 0 Å². The third kappa shape index (κ3) is 2.74. The summed E-state index contributed by atoms with van der Waals surface area (Å²) in [5, 5.41) is 23.5. The number of nitrogens with one attached hydrogen (secondary N) is 1. The van der Waals surface area contributed by atoms with Crippen LogP contribution >= 0.6 is 0 Å². The topological polar surface area (TPSA) is 115 Å². The summed E-state index contributed by atoms with van der Waals surface area (Å²) in [4.78, 5) is 33.5. The molecule has 0 aliphatic carbocycles. The third-order valence-electron chi connectivity index (χ3n) is 7.00. The van der Waals surface area contributed by atoms with Gasteiger partial charge in [0.05, 0.1) is 18.8 Å². The highest BCUT2D eigenvalue weighted by atomic mass is 16.5. The molecule has 0 unspecified atom stereocenters. The fourth-order valence-corrected chi connectivity index (χ4v) is 5.71. The van der Waals surface area contributed by atoms with Gasteiger partial charge in [0, 0.05) is 48.3 Å². The molecule has 1 aromatic heterocycles. The molecule has 0 spiro atoms. The van der Waals surface area contributed by atoms with Crippen LogP contribution in [-0.2, 0) is 14.3 Å². The lowest BCUT2D eigenvalue weighted by molar-refractivity contribution is -0.238. The molecule has 5 rings (SSSR count). The van der Waals surface area contributed by atoms with Gasteiger partial charge >= 0.3 is 0 Å². The molecule has 0 radical (unpaired) electrons. The van der Waals surface area contributed by atoms with E-state index in [1.54, 1.807) is 27.0 Å². The zero-order valence-electron chi connectivity index (χ0n) is 18.7. The number of nitrogens with zero attached hydrogens (tertiary/aromatic N) is 2. The Balaban J connectivity index is 1.79. The molecule has 3 aliphatic rings. The van der Waals surface area contributed by atoms with Gasteiger partial charge < -0.3 is 29.6 Å². The van der Waals surface area contributed by atoms with E-state index in [9.17, 15) is 19.8 Å². The van der Waals surface area contributed by atoms with Gasteiger partial charge in [0.25, 0.3) is 11.6 Å². The smallest absolute Gasteiger partial charge is 0.279 e. The summed E-state index contributed by atoms with van der Waals surface area (Å²) in [6, 6.07) is 4.14. The van der Waals surface area contributed by atoms with Crippen molar-refractivity contribution < 1.29 is 29.3 Å². The average Bonchev–Trinajstić information content (AvgIpc) is 3.36. The maximum Gasteiger partial charge on any atom is 0.279 e. The highest BCUT2D eigenvalue weighted by Crippen LogP contribution is 2.53. The first-order valence-corrected chi connectivity index (χ1v) is 10.9. The molecule has 2 saturated heterocycles. The van der Waals surface area contributed by atoms with Gasteiger partial charge in [-0.25, -0.2) is 0 Å². The molecule has 2 fully saturated rings. The van der Waals surface area contributed by atoms with Gasteiger partial charge in [-0.15, -0.1) is 0 Å². The summed E-state index contributed by atoms with van der Waals surface area (Å²) >= 11 is 0. The zero-order chi connectivity index (χ0) is 23.0. The van der Waals surface area contributed by atoms with Crippen molar-refractivity contribution in [2.45, 2.75) is 62.6 Å². The molecule has 172 valence electrons. The molecule has 2 aromatic rings. The van der Waals surface area contributed by atoms with E-state index in [0.717, 1.165) is 10.9 Å². The standard InChI is InChI=1S/C23H29N3O6/c1-22(2,29)11-16-18-17(13-8-7-12(31-3)10-14(13)24-18)19(32-4)23(30)21(28)25-9-5-6-15(25)20(27)26(16)23/h7-8,10,15-16,19,24,29-30H,5-6,9,11H2,1-4H3/t15-,16-,19-,23-/m0/s1. The van der Waals surface area contributed by atoms with E-state index in [1.165, 1.54) is 16.9 Å². The second-order valence-corrected chi connectivity index (χ2v) is 9.60. The van der Waals surface area contributed by atoms with Crippen LogP contribution in [0.4, 0.5) is 0 Å². The molecular formula is C23H29N3O6. The monoisotopic (exact) mass is 443 g/mol. The van der Waals surface area contributed by atoms with Crippen LogP contribution in [0, 0.1) is 0 Å². The number of rotatable bonds is 4. The van der Waals surface area contributed by atoms with E-state index >= 15 is 0 Å². The van der Waals surface area contributed by atoms with Crippen molar-refractivity contribution in [3.63, 3.8) is 0 Å². The number of carbonyl (C=O) groups is 2. The first-order valence-electron chi connectivity index (χ1n) is 10.9. The Hall–Kier alpha value is -2.62. The highest BCUT2D eigenvalue weighted by molar-refractivity contribution is 6.01. The van der Waals surface area contributed by atoms with Gasteiger partial charge in [0.2, 0.25) is 5.91 Å². The van der Waals surface area contributed by atoms with Crippen LogP contribution in [0.2, 0.25) is 0 Å². The summed E-state index contributed by atoms with van der Waals surface area (Å²) in [6.07, 6.45) is 0.305. The molecule has 9 heteroatoms. The fourth-order valence-electron chi connectivity index (χ4n) is 5.71. The number of benzene rings is 1. The summed E-state index contributed by atoms with van der Waals surface area (Å²) < 4.78 is 11.1. The van der Waals surface area contributed by atoms with Crippen LogP contribution in [-0.4, -0.2) is 74.9 Å². The number of hydrogen-bond acceptors (Lipinski definition) is 6. The Bertz CT molecular complexity index is 1110. The lowest BCUT2D eigenvalue weighted by Crippen LogP contribution is -2.74. The van der Waals surface area contributed by atoms with Crippen molar-refractivity contribution in [1.82, 2.24) is 14.8 Å². The number of hydrogen-bond donors (Lipinski definition) is 3. The van der Waals surface area contributed by atoms with Gasteiger partial charge in [-0.3, -0.25) is 14.5 Å². The fraction of sp³-hybridized carbons (Fsp3) is 0.565. The van der Waals surface area contributed by atoms with Crippen LogP contribution in [0.1, 0.15) is 56.5 Å². The number of aromatic amines is 1. The lowest BCUT2D eigenvalue weighted by atomic mass is 9.80. The van der Waals surface area contributed by atoms with E-state index in [4.69, 9.17) is 9.47 Å². The summed E-state index contributed by atoms with van der Waals surface area (Å²) in [5.41, 5.74) is -1.35. The van der Waals surface area contributed by atoms with E-state index in [0.29, 0.717) is 36.4 Å². The minimum absolute atomic E-state index is 0.133. The molecule has 2 amide bonds. The van der Waals surface area contributed by atoms with E-state index in [1.807, 2.05) is 12.1 Å². The Labute approximate surface area is 185 Å². The first-order chi connectivity index (χ1) is 15.1. The Morgan fingerprint density at radius 2 is 2.03 bits per heavy atom. The van der Waals surface area contributed by atoms with Crippen molar-refractivity contribution in [2.24, 2.45) is 0 Å². The van der Waals surface area contributed by atoms with Crippen molar-refractivity contribution in [1.29, 1.82) is 0 Å². The number of piperazine rings is 1. The zero-order valence-corrected chi connectivity index (χ0v) is 18.7. The minimum atomic E-state index is -2.20. The Morgan fingerprint density at radius 1 is 1.28 bits per heavy atom. The quantitative estimate of drug-likeness (QED) is 0.661. The number of aliphatic hydroxyl groups is 2. The molecule has 0 bridgehead atoms. The van der Waals surface area contributed by atoms with Crippen molar-refractivity contribution in [3.8, 4) is 5.75 Å². The lowest BCUT2D eigenvalue weighted by Gasteiger charge is -2.55. The van der Waals surface area contributed by atoms with Gasteiger partial charge in [0.1, 0.15) is 17.9 Å². The summed E-state index contributed by atoms with van der Waals surface area (Å²) in [7, 11) is 3.00. The molecule has 9 nitrogen and oxygen atoms in total. The average molecular weight is 444 g/mol. The third-order valence-corrected chi connectivity index (χ3v) is 7.00. The number of methoxy groups -OCH3 is 2. The second kappa shape index (κ2) is 6.94. The Kier molecular flexibility index (Phi) is 4.60. The molecular weight excluding hydrogens is 414 g/mol. The van der Waals surface area contributed by atoms with E-state index in [-0.39, 0.29) is 12.3 Å². The van der Waals surface area contributed by atoms with Gasteiger partial charge in [0.15, 0.2) is 0 Å². The van der Waals surface area contributed by atoms with Crippen LogP contribution in [0.15, 0.2) is 18.2 Å². The van der Waals surface area contributed by atoms with E-state index in [2.05, 4.69) is 4.98 Å². The second-order valence-electron chi connectivity index (χ2n) is 9.60. The van der Waals surface area contributed by atoms with Gasteiger partial charge in [-0.1, -0.05) is 0 Å². The SMILES string of the molecule is COc1ccc2c3c([nH]c2c1)[C@H](CC(C)(C)O)N1C(=O)[C@@H]2CCCN2C(=O)[C@@]1(O)[C@H]3OC. The predicted molar refractivity (Wildman–Crippen MR) is 115 cm³/mol. The number of aromatic nitrogens is 1. The first kappa shape index (κ1) is 21.2. The number of ether oxygens (including phenoxy) is 2. The predicted octanol–water partition coefficient (Wildman–Crippen LogP) is 1.60. The van der Waals surface area contributed by atoms with Crippen LogP contribution in [0.25, 0.3) is 10.9 Å². The summed E-state index contributed by atoms with van der Waals surface area (Å²) in [6.45, 7) is 3.73. The van der Waals surface area contributed by atoms with Crippen LogP contribution in [0.3, 0.4) is 0 Å². The molecule has 3 N–H and O–H groups in total. The van der Waals surface area contributed by atoms with Gasteiger partial charge in [-0.05, 0) is 38.8 Å². The Morgan fingerprint density at radius 3 is 2.69 bits per heavy atom. The molecule has 3 aliphatic heterocycles. The minimum Gasteiger partial charge on any atom is -0.497 e. The highest BCUT2D eigenvalue weighted by Gasteiger charge is 2.66. The molecule has 0 saturated carbocycles. The number of carbonyl (C=O) groups excluding carboxylic acids is 2. The largest absolute Gasteiger partial charge is 0.497 e. The molecule has 4 heterocycles. The maximum absolute atomic E-state index is 13.7. The summed E-state index contributed by atoms with van der Waals surface area (Å²) in [5.74, 6) is -0.197. The molecule has 4 atom stereocenters. The normalized spacial score (nSPS) is 29.9. The van der Waals surface area contributed by atoms with Crippen LogP contribution < -0.4 is 4.74 Å². The van der Waals surface area contributed by atoms with Crippen molar-refractivity contribution in [2.75, 3.05) is 20.8 Å². The number of H-pyrrole nitrogens is 1. The van der Waals surface area contributed by atoms with Crippen molar-refractivity contribution >= 4 is 22.7 Å². The van der Waals surface area contributed by atoms with Crippen LogP contribution in [0.5, 0.6) is 5.75 Å². The van der Waals surface area contributed by atoms with Crippen molar-refractivity contribution in [3.05, 3.63) is 29.5 Å². The number of amides is 2. The number of fused-ring (bicyclic) bond motifs is 5. The molecule has 32 heavy (non-hydrogen) atoms. The molecule has 1 aromatic carbocycles. The van der Waals surface area contributed by atoms with E-state index < -0.39 is 35.4 Å². The maximum atomic E-state index is 13.7.